The lowest BCUT2D eigenvalue weighted by molar-refractivity contribution is 0.909. The molecule has 0 amide bonds. The molecule has 2 aliphatic rings. The third-order valence-electron chi connectivity index (χ3n) is 1.56. The van der Waals surface area contributed by atoms with E-state index in [9.17, 15) is 0 Å². The summed E-state index contributed by atoms with van der Waals surface area (Å²) < 4.78 is 0. The molecule has 2 heteroatoms. The summed E-state index contributed by atoms with van der Waals surface area (Å²) in [4.78, 5) is 4.24. The van der Waals surface area contributed by atoms with E-state index in [0.717, 1.165) is 13.1 Å². The standard InChI is InChI=1S/C7H8N2/c1-2-4-7-6(3-1)8-5-9-7/h1-3,8H,4-5H2. The van der Waals surface area contributed by atoms with Gasteiger partial charge in [0, 0.05) is 6.42 Å². The average molecular weight is 120 g/mol. The molecule has 0 unspecified atom stereocenters. The zero-order valence-electron chi connectivity index (χ0n) is 5.09. The lowest BCUT2D eigenvalue weighted by Crippen LogP contribution is -2.11. The Kier molecular flexibility index (Phi) is 0.918. The van der Waals surface area contributed by atoms with Gasteiger partial charge >= 0.3 is 0 Å². The molecule has 46 valence electrons. The van der Waals surface area contributed by atoms with E-state index in [0.29, 0.717) is 0 Å². The van der Waals surface area contributed by atoms with Crippen LogP contribution in [0.5, 0.6) is 0 Å². The van der Waals surface area contributed by atoms with Gasteiger partial charge in [-0.1, -0.05) is 12.2 Å². The minimum Gasteiger partial charge on any atom is -0.365 e. The zero-order chi connectivity index (χ0) is 6.10. The SMILES string of the molecule is C1=CCC2=NCNC2=C1. The topological polar surface area (TPSA) is 24.4 Å². The second-order valence-electron chi connectivity index (χ2n) is 2.15. The van der Waals surface area contributed by atoms with E-state index >= 15 is 0 Å². The molecular weight excluding hydrogens is 112 g/mol. The van der Waals surface area contributed by atoms with Crippen molar-refractivity contribution in [1.29, 1.82) is 0 Å². The van der Waals surface area contributed by atoms with E-state index < -0.39 is 0 Å². The first-order valence-corrected chi connectivity index (χ1v) is 3.11. The highest BCUT2D eigenvalue weighted by Crippen LogP contribution is 2.10. The van der Waals surface area contributed by atoms with E-state index in [-0.39, 0.29) is 0 Å². The van der Waals surface area contributed by atoms with Crippen LogP contribution in [0.3, 0.4) is 0 Å². The van der Waals surface area contributed by atoms with Crippen LogP contribution in [0.15, 0.2) is 28.9 Å². The third-order valence-corrected chi connectivity index (χ3v) is 1.56. The van der Waals surface area contributed by atoms with Crippen molar-refractivity contribution in [3.63, 3.8) is 0 Å². The molecular formula is C7H8N2. The first kappa shape index (κ1) is 4.79. The molecule has 0 saturated carbocycles. The Morgan fingerprint density at radius 2 is 2.56 bits per heavy atom. The Morgan fingerprint density at radius 1 is 1.56 bits per heavy atom. The maximum atomic E-state index is 4.24. The minimum atomic E-state index is 0.767. The number of hydrogen-bond acceptors (Lipinski definition) is 2. The molecule has 0 fully saturated rings. The summed E-state index contributed by atoms with van der Waals surface area (Å²) in [7, 11) is 0. The average Bonchev–Trinajstić information content (AvgIpc) is 2.33. The Morgan fingerprint density at radius 3 is 3.44 bits per heavy atom. The van der Waals surface area contributed by atoms with Gasteiger partial charge in [0.25, 0.3) is 0 Å². The predicted molar refractivity (Wildman–Crippen MR) is 37.3 cm³/mol. The third kappa shape index (κ3) is 0.669. The van der Waals surface area contributed by atoms with Gasteiger partial charge in [-0.25, -0.2) is 0 Å². The molecule has 0 saturated heterocycles. The van der Waals surface area contributed by atoms with Crippen LogP contribution < -0.4 is 5.32 Å². The Balaban J connectivity index is 2.37. The second-order valence-corrected chi connectivity index (χ2v) is 2.15. The van der Waals surface area contributed by atoms with Gasteiger partial charge in [0.05, 0.1) is 11.4 Å². The van der Waals surface area contributed by atoms with Crippen LogP contribution in [0.4, 0.5) is 0 Å². The fourth-order valence-corrected chi connectivity index (χ4v) is 1.08. The molecule has 2 rings (SSSR count). The fraction of sp³-hybridized carbons (Fsp3) is 0.286. The largest absolute Gasteiger partial charge is 0.365 e. The summed E-state index contributed by atoms with van der Waals surface area (Å²) in [6, 6.07) is 0. The summed E-state index contributed by atoms with van der Waals surface area (Å²) in [5.74, 6) is 0. The molecule has 9 heavy (non-hydrogen) atoms. The molecule has 0 spiro atoms. The highest BCUT2D eigenvalue weighted by molar-refractivity contribution is 6.02. The lowest BCUT2D eigenvalue weighted by atomic mass is 10.1. The van der Waals surface area contributed by atoms with Crippen LogP contribution in [0.1, 0.15) is 6.42 Å². The van der Waals surface area contributed by atoms with Crippen molar-refractivity contribution in [2.45, 2.75) is 6.42 Å². The maximum absolute atomic E-state index is 4.24. The number of nitrogens with zero attached hydrogens (tertiary/aromatic N) is 1. The molecule has 1 N–H and O–H groups in total. The van der Waals surface area contributed by atoms with Crippen molar-refractivity contribution in [2.24, 2.45) is 4.99 Å². The summed E-state index contributed by atoms with van der Waals surface area (Å²) in [5.41, 5.74) is 2.41. The molecule has 1 aliphatic heterocycles. The van der Waals surface area contributed by atoms with E-state index in [4.69, 9.17) is 0 Å². The van der Waals surface area contributed by atoms with Crippen LogP contribution >= 0.6 is 0 Å². The van der Waals surface area contributed by atoms with Gasteiger partial charge in [-0.05, 0) is 6.08 Å². The molecule has 2 nitrogen and oxygen atoms in total. The molecule has 0 radical (unpaired) electrons. The number of fused-ring (bicyclic) bond motifs is 1. The maximum Gasteiger partial charge on any atom is 0.108 e. The lowest BCUT2D eigenvalue weighted by Gasteiger charge is -2.02. The quantitative estimate of drug-likeness (QED) is 0.503. The van der Waals surface area contributed by atoms with E-state index in [2.05, 4.69) is 28.5 Å². The summed E-state index contributed by atoms with van der Waals surface area (Å²) in [6.07, 6.45) is 7.25. The monoisotopic (exact) mass is 120 g/mol. The van der Waals surface area contributed by atoms with Gasteiger partial charge in [-0.3, -0.25) is 4.99 Å². The van der Waals surface area contributed by atoms with Gasteiger partial charge in [0.15, 0.2) is 0 Å². The molecule has 0 atom stereocenters. The van der Waals surface area contributed by atoms with Crippen LogP contribution in [0.2, 0.25) is 0 Å². The normalized spacial score (nSPS) is 22.2. The fourth-order valence-electron chi connectivity index (χ4n) is 1.08. The Hall–Kier alpha value is -1.05. The van der Waals surface area contributed by atoms with Crippen molar-refractivity contribution >= 4 is 5.71 Å². The molecule has 0 aromatic rings. The molecule has 1 aliphatic carbocycles. The summed E-state index contributed by atoms with van der Waals surface area (Å²) in [5, 5.41) is 3.16. The zero-order valence-corrected chi connectivity index (χ0v) is 5.09. The molecule has 1 heterocycles. The van der Waals surface area contributed by atoms with Crippen molar-refractivity contribution in [2.75, 3.05) is 6.67 Å². The number of rotatable bonds is 0. The first-order chi connectivity index (χ1) is 4.47. The number of allylic oxidation sites excluding steroid dienone is 4. The minimum absolute atomic E-state index is 0.767. The number of nitrogens with one attached hydrogen (secondary N) is 1. The van der Waals surface area contributed by atoms with Gasteiger partial charge < -0.3 is 5.32 Å². The van der Waals surface area contributed by atoms with Gasteiger partial charge in [0.2, 0.25) is 0 Å². The number of aliphatic imine (C=N–C) groups is 1. The van der Waals surface area contributed by atoms with E-state index in [1.54, 1.807) is 0 Å². The van der Waals surface area contributed by atoms with Crippen LogP contribution in [-0.2, 0) is 0 Å². The predicted octanol–water partition coefficient (Wildman–Crippen LogP) is 0.832. The molecule has 0 aromatic heterocycles. The van der Waals surface area contributed by atoms with Gasteiger partial charge in [-0.2, -0.15) is 0 Å². The summed E-state index contributed by atoms with van der Waals surface area (Å²) >= 11 is 0. The Labute approximate surface area is 54.0 Å². The second kappa shape index (κ2) is 1.72. The van der Waals surface area contributed by atoms with Crippen LogP contribution in [0.25, 0.3) is 0 Å². The highest BCUT2D eigenvalue weighted by Gasteiger charge is 2.11. The van der Waals surface area contributed by atoms with Crippen molar-refractivity contribution in [3.8, 4) is 0 Å². The molecule has 0 aromatic carbocycles. The van der Waals surface area contributed by atoms with Crippen molar-refractivity contribution in [3.05, 3.63) is 23.9 Å². The van der Waals surface area contributed by atoms with Crippen LogP contribution in [0, 0.1) is 0 Å². The summed E-state index contributed by atoms with van der Waals surface area (Å²) in [6.45, 7) is 0.767. The van der Waals surface area contributed by atoms with Crippen molar-refractivity contribution in [1.82, 2.24) is 5.32 Å². The van der Waals surface area contributed by atoms with Gasteiger partial charge in [-0.15, -0.1) is 0 Å². The highest BCUT2D eigenvalue weighted by atomic mass is 15.1. The van der Waals surface area contributed by atoms with E-state index in [1.807, 2.05) is 0 Å². The Bertz CT molecular complexity index is 211. The van der Waals surface area contributed by atoms with E-state index in [1.165, 1.54) is 11.4 Å². The van der Waals surface area contributed by atoms with Gasteiger partial charge in [0.1, 0.15) is 6.67 Å². The van der Waals surface area contributed by atoms with Crippen LogP contribution in [-0.4, -0.2) is 12.4 Å². The molecule has 0 bridgehead atoms. The van der Waals surface area contributed by atoms with Crippen molar-refractivity contribution < 1.29 is 0 Å². The number of hydrogen-bond donors (Lipinski definition) is 1. The smallest absolute Gasteiger partial charge is 0.108 e. The first-order valence-electron chi connectivity index (χ1n) is 3.11.